The molecule has 0 aliphatic carbocycles. The van der Waals surface area contributed by atoms with Crippen molar-refractivity contribution in [2.75, 3.05) is 6.61 Å². The Morgan fingerprint density at radius 3 is 2.03 bits per heavy atom. The molecule has 0 spiro atoms. The summed E-state index contributed by atoms with van der Waals surface area (Å²) in [5.41, 5.74) is 2.31. The second-order valence-electron chi connectivity index (χ2n) is 9.76. The van der Waals surface area contributed by atoms with Gasteiger partial charge < -0.3 is 4.43 Å². The van der Waals surface area contributed by atoms with Crippen molar-refractivity contribution in [3.8, 4) is 0 Å². The molecular formula is C27H48OSi. The summed E-state index contributed by atoms with van der Waals surface area (Å²) in [7, 11) is -1.63. The van der Waals surface area contributed by atoms with E-state index in [9.17, 15) is 0 Å². The van der Waals surface area contributed by atoms with Crippen LogP contribution < -0.4 is 0 Å². The van der Waals surface area contributed by atoms with Gasteiger partial charge in [0.2, 0.25) is 0 Å². The Balaban J connectivity index is 1.71. The molecule has 0 bridgehead atoms. The molecule has 3 atom stereocenters. The van der Waals surface area contributed by atoms with Gasteiger partial charge in [0.1, 0.15) is 0 Å². The van der Waals surface area contributed by atoms with Crippen LogP contribution in [0.3, 0.4) is 0 Å². The predicted octanol–water partition coefficient (Wildman–Crippen LogP) is 9.25. The first-order chi connectivity index (χ1) is 14.2. The Labute approximate surface area is 183 Å². The molecule has 0 saturated carbocycles. The minimum absolute atomic E-state index is 0.635. The molecular weight excluding hydrogens is 368 g/mol. The van der Waals surface area contributed by atoms with Gasteiger partial charge in [0, 0.05) is 6.61 Å². The molecule has 0 amide bonds. The van der Waals surface area contributed by atoms with Crippen LogP contribution in [-0.4, -0.2) is 14.9 Å². The third-order valence-corrected chi connectivity index (χ3v) is 12.7. The van der Waals surface area contributed by atoms with Gasteiger partial charge in [-0.25, -0.2) is 0 Å². The van der Waals surface area contributed by atoms with E-state index in [1.807, 2.05) is 0 Å². The third kappa shape index (κ3) is 8.97. The lowest BCUT2D eigenvalue weighted by atomic mass is 10.0. The van der Waals surface area contributed by atoms with Crippen LogP contribution >= 0.6 is 0 Å². The van der Waals surface area contributed by atoms with Crippen molar-refractivity contribution in [3.05, 3.63) is 35.9 Å². The lowest BCUT2D eigenvalue weighted by Gasteiger charge is -2.41. The fraction of sp³-hybridized carbons (Fsp3) is 0.778. The van der Waals surface area contributed by atoms with Crippen LogP contribution in [-0.2, 0) is 4.43 Å². The molecule has 1 aliphatic heterocycles. The summed E-state index contributed by atoms with van der Waals surface area (Å²) in [6.07, 6.45) is 18.4. The lowest BCUT2D eigenvalue weighted by Crippen LogP contribution is -2.46. The summed E-state index contributed by atoms with van der Waals surface area (Å²) < 4.78 is 6.70. The third-order valence-electron chi connectivity index (χ3n) is 7.29. The first-order valence-corrected chi connectivity index (χ1v) is 15.3. The highest BCUT2D eigenvalue weighted by Crippen LogP contribution is 2.42. The van der Waals surface area contributed by atoms with Gasteiger partial charge in [-0.15, -0.1) is 0 Å². The molecule has 1 fully saturated rings. The van der Waals surface area contributed by atoms with Crippen LogP contribution in [0.2, 0.25) is 17.6 Å². The maximum Gasteiger partial charge on any atom is 0.196 e. The monoisotopic (exact) mass is 416 g/mol. The zero-order chi connectivity index (χ0) is 20.8. The molecule has 1 aromatic rings. The molecule has 1 aromatic carbocycles. The Hall–Kier alpha value is -0.603. The minimum atomic E-state index is -1.63. The number of unbranched alkanes of at least 4 members (excludes halogenated alkanes) is 9. The predicted molar refractivity (Wildman–Crippen MR) is 131 cm³/mol. The molecule has 0 radical (unpaired) electrons. The molecule has 2 rings (SSSR count). The van der Waals surface area contributed by atoms with Crippen LogP contribution in [0.25, 0.3) is 0 Å². The second-order valence-corrected chi connectivity index (χ2v) is 14.1. The second kappa shape index (κ2) is 14.4. The van der Waals surface area contributed by atoms with E-state index in [2.05, 4.69) is 51.1 Å². The van der Waals surface area contributed by atoms with Gasteiger partial charge in [-0.1, -0.05) is 128 Å². The molecule has 29 heavy (non-hydrogen) atoms. The number of hydrogen-bond acceptors (Lipinski definition) is 1. The summed E-state index contributed by atoms with van der Waals surface area (Å²) >= 11 is 0. The van der Waals surface area contributed by atoms with Crippen LogP contribution in [0, 0.1) is 0 Å². The van der Waals surface area contributed by atoms with Gasteiger partial charge >= 0.3 is 0 Å². The number of hydrogen-bond donors (Lipinski definition) is 0. The van der Waals surface area contributed by atoms with Gasteiger partial charge in [-0.2, -0.15) is 0 Å². The zero-order valence-corrected chi connectivity index (χ0v) is 20.8. The van der Waals surface area contributed by atoms with Crippen molar-refractivity contribution < 1.29 is 4.43 Å². The van der Waals surface area contributed by atoms with E-state index in [1.54, 1.807) is 0 Å². The van der Waals surface area contributed by atoms with Crippen molar-refractivity contribution in [1.29, 1.82) is 0 Å². The van der Waals surface area contributed by atoms with Crippen molar-refractivity contribution in [2.45, 2.75) is 128 Å². The van der Waals surface area contributed by atoms with E-state index in [0.717, 1.165) is 12.1 Å². The maximum atomic E-state index is 6.70. The van der Waals surface area contributed by atoms with Crippen LogP contribution in [0.1, 0.15) is 116 Å². The highest BCUT2D eigenvalue weighted by Gasteiger charge is 2.42. The van der Waals surface area contributed by atoms with Crippen LogP contribution in [0.4, 0.5) is 0 Å². The summed E-state index contributed by atoms with van der Waals surface area (Å²) in [5.74, 6) is 0.635. The number of rotatable bonds is 15. The van der Waals surface area contributed by atoms with Gasteiger partial charge in [-0.05, 0) is 35.5 Å². The van der Waals surface area contributed by atoms with Crippen LogP contribution in [0.15, 0.2) is 30.3 Å². The van der Waals surface area contributed by atoms with Gasteiger partial charge in [-0.3, -0.25) is 0 Å². The highest BCUT2D eigenvalue weighted by molar-refractivity contribution is 6.75. The number of benzene rings is 1. The van der Waals surface area contributed by atoms with E-state index < -0.39 is 8.32 Å². The Bertz CT molecular complexity index is 509. The molecule has 1 aliphatic rings. The zero-order valence-electron chi connectivity index (χ0n) is 19.8. The highest BCUT2D eigenvalue weighted by atomic mass is 28.4. The van der Waals surface area contributed by atoms with E-state index in [0.29, 0.717) is 5.92 Å². The molecule has 1 saturated heterocycles. The summed E-state index contributed by atoms with van der Waals surface area (Å²) in [6, 6.07) is 13.8. The van der Waals surface area contributed by atoms with Crippen molar-refractivity contribution in [1.82, 2.24) is 0 Å². The summed E-state index contributed by atoms with van der Waals surface area (Å²) in [5, 5.41) is 0. The molecule has 0 aromatic heterocycles. The fourth-order valence-electron chi connectivity index (χ4n) is 5.24. The smallest absolute Gasteiger partial charge is 0.196 e. The topological polar surface area (TPSA) is 9.23 Å². The Morgan fingerprint density at radius 2 is 1.45 bits per heavy atom. The average molecular weight is 417 g/mol. The van der Waals surface area contributed by atoms with E-state index in [-0.39, 0.29) is 0 Å². The van der Waals surface area contributed by atoms with Crippen molar-refractivity contribution >= 4 is 8.32 Å². The first kappa shape index (κ1) is 24.7. The van der Waals surface area contributed by atoms with Gasteiger partial charge in [0.05, 0.1) is 0 Å². The Morgan fingerprint density at radius 1 is 0.828 bits per heavy atom. The molecule has 2 heteroatoms. The average Bonchev–Trinajstić information content (AvgIpc) is 2.76. The Kier molecular flexibility index (Phi) is 12.3. The SMILES string of the molecule is CCCCCCCCCCCCC(C)[Si]1(CC(C)c2ccccc2)CCCCO1. The molecule has 1 heterocycles. The van der Waals surface area contributed by atoms with E-state index in [4.69, 9.17) is 4.43 Å². The normalized spacial score (nSPS) is 21.8. The quantitative estimate of drug-likeness (QED) is 0.204. The van der Waals surface area contributed by atoms with Crippen molar-refractivity contribution in [3.63, 3.8) is 0 Å². The first-order valence-electron chi connectivity index (χ1n) is 12.9. The fourth-order valence-corrected chi connectivity index (χ4v) is 10.3. The molecule has 166 valence electrons. The van der Waals surface area contributed by atoms with E-state index >= 15 is 0 Å². The summed E-state index contributed by atoms with van der Waals surface area (Å²) in [4.78, 5) is 0. The lowest BCUT2D eigenvalue weighted by molar-refractivity contribution is 0.254. The summed E-state index contributed by atoms with van der Waals surface area (Å²) in [6.45, 7) is 8.28. The van der Waals surface area contributed by atoms with Gasteiger partial charge in [0.25, 0.3) is 0 Å². The standard InChI is InChI=1S/C27H48OSi/c1-4-5-6-7-8-9-10-11-12-14-19-26(3)29(23-18-17-22-28-29)24-25(2)27-20-15-13-16-21-27/h13,15-16,20-21,25-26H,4-12,14,17-19,22-24H2,1-3H3. The minimum Gasteiger partial charge on any atom is -0.417 e. The molecule has 3 unspecified atom stereocenters. The largest absolute Gasteiger partial charge is 0.417 e. The molecule has 0 N–H and O–H groups in total. The maximum absolute atomic E-state index is 6.70. The van der Waals surface area contributed by atoms with Gasteiger partial charge in [0.15, 0.2) is 8.32 Å². The van der Waals surface area contributed by atoms with E-state index in [1.165, 1.54) is 101 Å². The van der Waals surface area contributed by atoms with Crippen LogP contribution in [0.5, 0.6) is 0 Å². The molecule has 1 nitrogen and oxygen atoms in total. The van der Waals surface area contributed by atoms with Crippen molar-refractivity contribution in [2.24, 2.45) is 0 Å².